The van der Waals surface area contributed by atoms with Crippen LogP contribution >= 0.6 is 0 Å². The standard InChI is InChI=1S/C22H24N2O3/c1-26-19-13-12-15(14-20(19)27-2)21-17-10-6-7-11-18(17)22(25)24(23-21)16-8-4-3-5-9-16/h3-5,8-9,12-14,17-18H,6-7,10-11H2,1-2H3/t17-,18+/m1/s1. The van der Waals surface area contributed by atoms with Crippen molar-refractivity contribution in [1.82, 2.24) is 0 Å². The molecule has 0 N–H and O–H groups in total. The first-order chi connectivity index (χ1) is 13.2. The first kappa shape index (κ1) is 17.6. The Kier molecular flexibility index (Phi) is 4.84. The summed E-state index contributed by atoms with van der Waals surface area (Å²) in [5.41, 5.74) is 2.76. The lowest BCUT2D eigenvalue weighted by atomic mass is 9.73. The highest BCUT2D eigenvalue weighted by molar-refractivity contribution is 6.11. The number of methoxy groups -OCH3 is 2. The van der Waals surface area contributed by atoms with Crippen molar-refractivity contribution >= 4 is 17.3 Å². The van der Waals surface area contributed by atoms with Crippen LogP contribution in [0.25, 0.3) is 0 Å². The molecule has 0 spiro atoms. The second kappa shape index (κ2) is 7.43. The molecule has 4 rings (SSSR count). The molecule has 0 unspecified atom stereocenters. The van der Waals surface area contributed by atoms with Gasteiger partial charge in [0.15, 0.2) is 11.5 Å². The zero-order chi connectivity index (χ0) is 18.8. The molecular formula is C22H24N2O3. The van der Waals surface area contributed by atoms with Crippen LogP contribution in [0.5, 0.6) is 11.5 Å². The second-order valence-electron chi connectivity index (χ2n) is 7.04. The van der Waals surface area contributed by atoms with Crippen LogP contribution in [-0.2, 0) is 4.79 Å². The maximum atomic E-state index is 13.1. The Labute approximate surface area is 159 Å². The third-order valence-corrected chi connectivity index (χ3v) is 5.53. The number of rotatable bonds is 4. The Morgan fingerprint density at radius 2 is 1.63 bits per heavy atom. The fraction of sp³-hybridized carbons (Fsp3) is 0.364. The van der Waals surface area contributed by atoms with Gasteiger partial charge in [0.2, 0.25) is 0 Å². The summed E-state index contributed by atoms with van der Waals surface area (Å²) in [6.07, 6.45) is 4.13. The van der Waals surface area contributed by atoms with E-state index >= 15 is 0 Å². The average Bonchev–Trinajstić information content (AvgIpc) is 2.74. The van der Waals surface area contributed by atoms with Gasteiger partial charge in [0.1, 0.15) is 0 Å². The van der Waals surface area contributed by atoms with E-state index in [4.69, 9.17) is 14.6 Å². The molecule has 5 heteroatoms. The Morgan fingerprint density at radius 3 is 2.33 bits per heavy atom. The number of anilines is 1. The Bertz CT molecular complexity index is 863. The van der Waals surface area contributed by atoms with E-state index in [1.54, 1.807) is 19.2 Å². The monoisotopic (exact) mass is 364 g/mol. The average molecular weight is 364 g/mol. The van der Waals surface area contributed by atoms with Crippen LogP contribution in [0.2, 0.25) is 0 Å². The smallest absolute Gasteiger partial charge is 0.251 e. The summed E-state index contributed by atoms with van der Waals surface area (Å²) in [5.74, 6) is 1.61. The number of benzene rings is 2. The van der Waals surface area contributed by atoms with Crippen molar-refractivity contribution in [3.05, 3.63) is 54.1 Å². The summed E-state index contributed by atoms with van der Waals surface area (Å²) >= 11 is 0. The molecule has 1 heterocycles. The van der Waals surface area contributed by atoms with Gasteiger partial charge in [0.05, 0.1) is 25.6 Å². The topological polar surface area (TPSA) is 51.1 Å². The number of fused-ring (bicyclic) bond motifs is 1. The lowest BCUT2D eigenvalue weighted by molar-refractivity contribution is -0.124. The van der Waals surface area contributed by atoms with E-state index in [1.165, 1.54) is 0 Å². The summed E-state index contributed by atoms with van der Waals surface area (Å²) in [7, 11) is 3.26. The van der Waals surface area contributed by atoms with Crippen LogP contribution in [0.4, 0.5) is 5.69 Å². The first-order valence-corrected chi connectivity index (χ1v) is 9.43. The van der Waals surface area contributed by atoms with Crippen molar-refractivity contribution in [2.45, 2.75) is 25.7 Å². The molecule has 0 saturated heterocycles. The third-order valence-electron chi connectivity index (χ3n) is 5.53. The number of para-hydroxylation sites is 1. The van der Waals surface area contributed by atoms with Crippen molar-refractivity contribution in [2.75, 3.05) is 19.2 Å². The summed E-state index contributed by atoms with van der Waals surface area (Å²) in [4.78, 5) is 13.1. The van der Waals surface area contributed by atoms with Crippen molar-refractivity contribution in [3.63, 3.8) is 0 Å². The highest BCUT2D eigenvalue weighted by atomic mass is 16.5. The molecule has 2 aromatic rings. The minimum Gasteiger partial charge on any atom is -0.493 e. The van der Waals surface area contributed by atoms with Crippen molar-refractivity contribution in [3.8, 4) is 11.5 Å². The van der Waals surface area contributed by atoms with Gasteiger partial charge in [-0.15, -0.1) is 0 Å². The van der Waals surface area contributed by atoms with Gasteiger partial charge in [-0.3, -0.25) is 4.79 Å². The number of carbonyl (C=O) groups excluding carboxylic acids is 1. The van der Waals surface area contributed by atoms with Crippen molar-refractivity contribution < 1.29 is 14.3 Å². The molecule has 2 aliphatic rings. The van der Waals surface area contributed by atoms with E-state index in [0.717, 1.165) is 42.6 Å². The fourth-order valence-electron chi connectivity index (χ4n) is 4.16. The van der Waals surface area contributed by atoms with Gasteiger partial charge in [-0.2, -0.15) is 5.10 Å². The minimum absolute atomic E-state index is 0.0143. The predicted molar refractivity (Wildman–Crippen MR) is 105 cm³/mol. The van der Waals surface area contributed by atoms with Gasteiger partial charge in [0.25, 0.3) is 5.91 Å². The SMILES string of the molecule is COc1ccc(C2=NN(c3ccccc3)C(=O)[C@H]3CCCC[C@@H]23)cc1OC. The van der Waals surface area contributed by atoms with Gasteiger partial charge >= 0.3 is 0 Å². The number of nitrogens with zero attached hydrogens (tertiary/aromatic N) is 2. The number of amides is 1. The molecule has 0 radical (unpaired) electrons. The van der Waals surface area contributed by atoms with Crippen LogP contribution in [0.15, 0.2) is 53.6 Å². The summed E-state index contributed by atoms with van der Waals surface area (Å²) in [6.45, 7) is 0. The van der Waals surface area contributed by atoms with Crippen molar-refractivity contribution in [1.29, 1.82) is 0 Å². The van der Waals surface area contributed by atoms with Crippen LogP contribution in [0.3, 0.4) is 0 Å². The molecule has 2 atom stereocenters. The largest absolute Gasteiger partial charge is 0.493 e. The maximum Gasteiger partial charge on any atom is 0.251 e. The molecule has 2 aromatic carbocycles. The molecule has 1 saturated carbocycles. The van der Waals surface area contributed by atoms with Crippen molar-refractivity contribution in [2.24, 2.45) is 16.9 Å². The molecule has 0 bridgehead atoms. The molecule has 27 heavy (non-hydrogen) atoms. The first-order valence-electron chi connectivity index (χ1n) is 9.43. The highest BCUT2D eigenvalue weighted by Crippen LogP contribution is 2.40. The molecular weight excluding hydrogens is 340 g/mol. The fourth-order valence-corrected chi connectivity index (χ4v) is 4.16. The number of hydrogen-bond donors (Lipinski definition) is 0. The normalized spacial score (nSPS) is 22.1. The molecule has 1 aliphatic heterocycles. The number of carbonyl (C=O) groups is 1. The van der Waals surface area contributed by atoms with Crippen LogP contribution < -0.4 is 14.5 Å². The van der Waals surface area contributed by atoms with Crippen LogP contribution in [0.1, 0.15) is 31.2 Å². The molecule has 1 aliphatic carbocycles. The summed E-state index contributed by atoms with van der Waals surface area (Å²) < 4.78 is 10.8. The van der Waals surface area contributed by atoms with Gasteiger partial charge in [-0.05, 0) is 43.2 Å². The van der Waals surface area contributed by atoms with E-state index in [-0.39, 0.29) is 17.7 Å². The number of ether oxygens (including phenoxy) is 2. The van der Waals surface area contributed by atoms with E-state index in [0.29, 0.717) is 11.5 Å². The minimum atomic E-state index is -0.0143. The third kappa shape index (κ3) is 3.18. The van der Waals surface area contributed by atoms with Crippen LogP contribution in [-0.4, -0.2) is 25.8 Å². The molecule has 140 valence electrons. The second-order valence-corrected chi connectivity index (χ2v) is 7.04. The van der Waals surface area contributed by atoms with Gasteiger partial charge < -0.3 is 9.47 Å². The Morgan fingerprint density at radius 1 is 0.926 bits per heavy atom. The molecule has 1 fully saturated rings. The van der Waals surface area contributed by atoms with Gasteiger partial charge in [0, 0.05) is 17.4 Å². The maximum absolute atomic E-state index is 13.1. The summed E-state index contributed by atoms with van der Waals surface area (Å²) in [5, 5.41) is 6.40. The lowest BCUT2D eigenvalue weighted by Gasteiger charge is -2.38. The van der Waals surface area contributed by atoms with Gasteiger partial charge in [-0.25, -0.2) is 5.01 Å². The van der Waals surface area contributed by atoms with E-state index in [9.17, 15) is 4.79 Å². The zero-order valence-corrected chi connectivity index (χ0v) is 15.7. The summed E-state index contributed by atoms with van der Waals surface area (Å²) in [6, 6.07) is 15.5. The molecule has 0 aromatic heterocycles. The van der Waals surface area contributed by atoms with Crippen LogP contribution in [0, 0.1) is 11.8 Å². The van der Waals surface area contributed by atoms with Gasteiger partial charge in [-0.1, -0.05) is 31.0 Å². The lowest BCUT2D eigenvalue weighted by Crippen LogP contribution is -2.46. The molecule has 1 amide bonds. The highest BCUT2D eigenvalue weighted by Gasteiger charge is 2.41. The van der Waals surface area contributed by atoms with E-state index in [2.05, 4.69) is 0 Å². The predicted octanol–water partition coefficient (Wildman–Crippen LogP) is 4.26. The Hall–Kier alpha value is -2.82. The zero-order valence-electron chi connectivity index (χ0n) is 15.7. The van der Waals surface area contributed by atoms with E-state index < -0.39 is 0 Å². The number of hydrogen-bond acceptors (Lipinski definition) is 4. The molecule has 5 nitrogen and oxygen atoms in total. The number of hydrazone groups is 1. The quantitative estimate of drug-likeness (QED) is 0.814. The van der Waals surface area contributed by atoms with E-state index in [1.807, 2.05) is 48.5 Å². The Balaban J connectivity index is 1.81.